The van der Waals surface area contributed by atoms with Crippen molar-refractivity contribution < 1.29 is 4.74 Å². The highest BCUT2D eigenvalue weighted by atomic mass is 35.5. The molecule has 0 unspecified atom stereocenters. The Bertz CT molecular complexity index is 422. The van der Waals surface area contributed by atoms with E-state index < -0.39 is 0 Å². The van der Waals surface area contributed by atoms with Crippen molar-refractivity contribution in [3.63, 3.8) is 0 Å². The van der Waals surface area contributed by atoms with E-state index in [1.165, 1.54) is 0 Å². The van der Waals surface area contributed by atoms with Gasteiger partial charge in [-0.25, -0.2) is 0 Å². The molecule has 3 heteroatoms. The molecule has 1 heterocycles. The molecule has 0 N–H and O–H groups in total. The van der Waals surface area contributed by atoms with Gasteiger partial charge in [0.2, 0.25) is 0 Å². The van der Waals surface area contributed by atoms with Crippen LogP contribution in [0.3, 0.4) is 0 Å². The summed E-state index contributed by atoms with van der Waals surface area (Å²) in [5.41, 5.74) is 1.11. The molecule has 0 radical (unpaired) electrons. The molecule has 2 nitrogen and oxygen atoms in total. The zero-order valence-electron chi connectivity index (χ0n) is 7.33. The smallest absolute Gasteiger partial charge is 0.122 e. The van der Waals surface area contributed by atoms with Crippen molar-refractivity contribution in [3.8, 4) is 0 Å². The van der Waals surface area contributed by atoms with Crippen LogP contribution >= 0.6 is 11.6 Å². The Kier molecular flexibility index (Phi) is 2.25. The minimum Gasteiger partial charge on any atom is -0.364 e. The largest absolute Gasteiger partial charge is 0.364 e. The second kappa shape index (κ2) is 3.40. The summed E-state index contributed by atoms with van der Waals surface area (Å²) in [6, 6.07) is 7.86. The van der Waals surface area contributed by atoms with E-state index in [0.29, 0.717) is 6.73 Å². The molecule has 0 spiro atoms. The van der Waals surface area contributed by atoms with Crippen LogP contribution in [0.25, 0.3) is 10.9 Å². The van der Waals surface area contributed by atoms with Crippen molar-refractivity contribution >= 4 is 22.5 Å². The van der Waals surface area contributed by atoms with Gasteiger partial charge in [-0.15, -0.1) is 0 Å². The predicted molar refractivity (Wildman–Crippen MR) is 54.0 cm³/mol. The first kappa shape index (κ1) is 8.60. The molecule has 0 fully saturated rings. The van der Waals surface area contributed by atoms with E-state index in [2.05, 4.69) is 0 Å². The van der Waals surface area contributed by atoms with Gasteiger partial charge in [0.1, 0.15) is 6.73 Å². The Labute approximate surface area is 81.7 Å². The molecule has 0 saturated carbocycles. The lowest BCUT2D eigenvalue weighted by molar-refractivity contribution is 0.135. The minimum atomic E-state index is 0.559. The molecule has 68 valence electrons. The van der Waals surface area contributed by atoms with Crippen molar-refractivity contribution in [1.82, 2.24) is 4.57 Å². The van der Waals surface area contributed by atoms with Gasteiger partial charge in [0.15, 0.2) is 0 Å². The molecular formula is C10H10ClNO. The highest BCUT2D eigenvalue weighted by Crippen LogP contribution is 2.23. The molecule has 0 atom stereocenters. The van der Waals surface area contributed by atoms with Gasteiger partial charge >= 0.3 is 0 Å². The van der Waals surface area contributed by atoms with E-state index in [1.54, 1.807) is 7.11 Å². The topological polar surface area (TPSA) is 14.2 Å². The van der Waals surface area contributed by atoms with E-state index in [9.17, 15) is 0 Å². The maximum Gasteiger partial charge on any atom is 0.122 e. The third-order valence-corrected chi connectivity index (χ3v) is 2.36. The van der Waals surface area contributed by atoms with Gasteiger partial charge in [0.25, 0.3) is 0 Å². The highest BCUT2D eigenvalue weighted by Gasteiger charge is 2.02. The average molecular weight is 196 g/mol. The highest BCUT2D eigenvalue weighted by molar-refractivity contribution is 6.35. The zero-order valence-corrected chi connectivity index (χ0v) is 8.08. The van der Waals surface area contributed by atoms with Crippen molar-refractivity contribution in [1.29, 1.82) is 0 Å². The van der Waals surface area contributed by atoms with Crippen molar-refractivity contribution in [2.75, 3.05) is 7.11 Å². The third-order valence-electron chi connectivity index (χ3n) is 2.03. The second-order valence-electron chi connectivity index (χ2n) is 2.88. The number of nitrogens with zero attached hydrogens (tertiary/aromatic N) is 1. The average Bonchev–Trinajstić information content (AvgIpc) is 2.51. The number of methoxy groups -OCH3 is 1. The van der Waals surface area contributed by atoms with E-state index in [-0.39, 0.29) is 0 Å². The predicted octanol–water partition coefficient (Wildman–Crippen LogP) is 2.90. The lowest BCUT2D eigenvalue weighted by Gasteiger charge is -2.02. The normalized spacial score (nSPS) is 10.9. The maximum absolute atomic E-state index is 6.02. The summed E-state index contributed by atoms with van der Waals surface area (Å²) in [6.07, 6.45) is 1.97. The Morgan fingerprint density at radius 2 is 2.23 bits per heavy atom. The SMILES string of the molecule is COCn1ccc2c(Cl)cccc21. The Morgan fingerprint density at radius 1 is 1.38 bits per heavy atom. The Hall–Kier alpha value is -0.990. The quantitative estimate of drug-likeness (QED) is 0.719. The van der Waals surface area contributed by atoms with E-state index in [0.717, 1.165) is 15.9 Å². The first-order valence-electron chi connectivity index (χ1n) is 4.05. The van der Waals surface area contributed by atoms with Crippen LogP contribution in [-0.4, -0.2) is 11.7 Å². The third kappa shape index (κ3) is 1.43. The summed E-state index contributed by atoms with van der Waals surface area (Å²) in [7, 11) is 1.68. The van der Waals surface area contributed by atoms with Gasteiger partial charge in [0.05, 0.1) is 5.52 Å². The summed E-state index contributed by atoms with van der Waals surface area (Å²) < 4.78 is 7.07. The van der Waals surface area contributed by atoms with Crippen LogP contribution in [0.15, 0.2) is 30.5 Å². The summed E-state index contributed by atoms with van der Waals surface area (Å²) in [5, 5.41) is 1.86. The lowest BCUT2D eigenvalue weighted by Crippen LogP contribution is -1.96. The molecule has 0 amide bonds. The maximum atomic E-state index is 6.02. The number of halogens is 1. The van der Waals surface area contributed by atoms with Crippen LogP contribution in [0.4, 0.5) is 0 Å². The summed E-state index contributed by atoms with van der Waals surface area (Å²) in [4.78, 5) is 0. The van der Waals surface area contributed by atoms with Crippen molar-refractivity contribution in [2.24, 2.45) is 0 Å². The summed E-state index contributed by atoms with van der Waals surface area (Å²) in [5.74, 6) is 0. The lowest BCUT2D eigenvalue weighted by atomic mass is 10.2. The summed E-state index contributed by atoms with van der Waals surface area (Å²) >= 11 is 6.02. The van der Waals surface area contributed by atoms with Crippen LogP contribution < -0.4 is 0 Å². The van der Waals surface area contributed by atoms with Gasteiger partial charge in [-0.2, -0.15) is 0 Å². The van der Waals surface area contributed by atoms with Crippen molar-refractivity contribution in [3.05, 3.63) is 35.5 Å². The molecular weight excluding hydrogens is 186 g/mol. The monoisotopic (exact) mass is 195 g/mol. The molecule has 0 aliphatic carbocycles. The van der Waals surface area contributed by atoms with Gasteiger partial charge in [-0.1, -0.05) is 17.7 Å². The Morgan fingerprint density at radius 3 is 3.00 bits per heavy atom. The van der Waals surface area contributed by atoms with Crippen LogP contribution in [0.5, 0.6) is 0 Å². The number of aromatic nitrogens is 1. The zero-order chi connectivity index (χ0) is 9.26. The van der Waals surface area contributed by atoms with Crippen molar-refractivity contribution in [2.45, 2.75) is 6.73 Å². The fourth-order valence-electron chi connectivity index (χ4n) is 1.44. The van der Waals surface area contributed by atoms with E-state index >= 15 is 0 Å². The van der Waals surface area contributed by atoms with Gasteiger partial charge in [-0.3, -0.25) is 0 Å². The molecule has 1 aromatic carbocycles. The molecule has 0 aliphatic rings. The second-order valence-corrected chi connectivity index (χ2v) is 3.28. The number of fused-ring (bicyclic) bond motifs is 1. The fourth-order valence-corrected chi connectivity index (χ4v) is 1.67. The van der Waals surface area contributed by atoms with E-state index in [4.69, 9.17) is 16.3 Å². The molecule has 2 rings (SSSR count). The molecule has 0 bridgehead atoms. The number of hydrogen-bond acceptors (Lipinski definition) is 1. The molecule has 0 aliphatic heterocycles. The Balaban J connectivity index is 2.61. The number of rotatable bonds is 2. The number of ether oxygens (including phenoxy) is 1. The minimum absolute atomic E-state index is 0.559. The van der Waals surface area contributed by atoms with Crippen LogP contribution in [0, 0.1) is 0 Å². The molecule has 2 aromatic rings. The number of benzene rings is 1. The first-order valence-corrected chi connectivity index (χ1v) is 4.43. The van der Waals surface area contributed by atoms with Gasteiger partial charge in [0, 0.05) is 23.7 Å². The summed E-state index contributed by atoms with van der Waals surface area (Å²) in [6.45, 7) is 0.559. The van der Waals surface area contributed by atoms with Crippen LogP contribution in [0.2, 0.25) is 5.02 Å². The number of hydrogen-bond donors (Lipinski definition) is 0. The molecule has 1 aromatic heterocycles. The van der Waals surface area contributed by atoms with Gasteiger partial charge < -0.3 is 9.30 Å². The van der Waals surface area contributed by atoms with Crippen LogP contribution in [-0.2, 0) is 11.5 Å². The van der Waals surface area contributed by atoms with Gasteiger partial charge in [-0.05, 0) is 18.2 Å². The van der Waals surface area contributed by atoms with Crippen LogP contribution in [0.1, 0.15) is 0 Å². The standard InChI is InChI=1S/C10H10ClNO/c1-13-7-12-6-5-8-9(11)3-2-4-10(8)12/h2-6H,7H2,1H3. The molecule has 13 heavy (non-hydrogen) atoms. The molecule has 0 saturated heterocycles. The first-order chi connectivity index (χ1) is 6.33. The van der Waals surface area contributed by atoms with E-state index in [1.807, 2.05) is 35.0 Å². The fraction of sp³-hybridized carbons (Fsp3) is 0.200.